The van der Waals surface area contributed by atoms with Crippen molar-refractivity contribution in [1.82, 2.24) is 5.32 Å². The van der Waals surface area contributed by atoms with Crippen LogP contribution < -0.4 is 5.32 Å². The highest BCUT2D eigenvalue weighted by Crippen LogP contribution is 2.26. The summed E-state index contributed by atoms with van der Waals surface area (Å²) in [5.74, 6) is 1.25. The molecule has 0 saturated heterocycles. The van der Waals surface area contributed by atoms with Gasteiger partial charge in [-0.05, 0) is 6.42 Å². The predicted octanol–water partition coefficient (Wildman–Crippen LogP) is 6.92. The second-order valence-electron chi connectivity index (χ2n) is 8.03. The average Bonchev–Trinajstić information content (AvgIpc) is 3.07. The van der Waals surface area contributed by atoms with Crippen molar-refractivity contribution in [3.05, 3.63) is 0 Å². The van der Waals surface area contributed by atoms with E-state index in [9.17, 15) is 0 Å². The number of rotatable bonds is 15. The lowest BCUT2D eigenvalue weighted by atomic mass is 9.85. The van der Waals surface area contributed by atoms with Gasteiger partial charge in [-0.25, -0.2) is 0 Å². The number of amidine groups is 1. The van der Waals surface area contributed by atoms with Crippen LogP contribution in [-0.2, 0) is 0 Å². The molecule has 0 spiro atoms. The molecule has 0 aromatic heterocycles. The molecule has 0 aromatic rings. The van der Waals surface area contributed by atoms with Crippen LogP contribution in [0, 0.1) is 5.41 Å². The van der Waals surface area contributed by atoms with Crippen LogP contribution in [0.3, 0.4) is 0 Å². The van der Waals surface area contributed by atoms with Crippen molar-refractivity contribution >= 4 is 18.2 Å². The summed E-state index contributed by atoms with van der Waals surface area (Å²) < 4.78 is 0. The molecule has 24 heavy (non-hydrogen) atoms. The first-order valence-electron chi connectivity index (χ1n) is 10.5. The van der Waals surface area contributed by atoms with Gasteiger partial charge in [0.25, 0.3) is 0 Å². The normalized spacial score (nSPS) is 14.2. The first-order chi connectivity index (χ1) is 11.2. The topological polar surface area (TPSA) is 24.4 Å². The number of hydrogen-bond acceptors (Lipinski definition) is 2. The Bertz CT molecular complexity index is 313. The molecule has 0 unspecified atom stereocenters. The summed E-state index contributed by atoms with van der Waals surface area (Å²) in [6.07, 6.45) is 19.9. The number of halogens is 1. The largest absolute Gasteiger partial charge is 0.372 e. The molecule has 0 radical (unpaired) electrons. The van der Waals surface area contributed by atoms with E-state index in [-0.39, 0.29) is 17.8 Å². The van der Waals surface area contributed by atoms with Crippen LogP contribution >= 0.6 is 12.4 Å². The van der Waals surface area contributed by atoms with Crippen molar-refractivity contribution in [2.24, 2.45) is 10.4 Å². The summed E-state index contributed by atoms with van der Waals surface area (Å²) >= 11 is 0. The molecular weight excluding hydrogens is 316 g/mol. The van der Waals surface area contributed by atoms with Gasteiger partial charge >= 0.3 is 0 Å². The second-order valence-corrected chi connectivity index (χ2v) is 8.03. The van der Waals surface area contributed by atoms with Crippen LogP contribution in [0.25, 0.3) is 0 Å². The summed E-state index contributed by atoms with van der Waals surface area (Å²) in [5, 5.41) is 3.44. The molecule has 1 aliphatic rings. The molecule has 1 N–H and O–H groups in total. The van der Waals surface area contributed by atoms with Crippen LogP contribution in [0.2, 0.25) is 0 Å². The second kappa shape index (κ2) is 15.0. The molecule has 0 bridgehead atoms. The van der Waals surface area contributed by atoms with Crippen LogP contribution in [0.4, 0.5) is 0 Å². The predicted molar refractivity (Wildman–Crippen MR) is 112 cm³/mol. The number of unbranched alkanes of at least 4 members (excludes halogenated alkanes) is 12. The minimum atomic E-state index is 0. The molecule has 0 fully saturated rings. The smallest absolute Gasteiger partial charge is 0.102 e. The maximum absolute atomic E-state index is 4.59. The molecule has 3 heteroatoms. The van der Waals surface area contributed by atoms with E-state index in [1.54, 1.807) is 0 Å². The van der Waals surface area contributed by atoms with Gasteiger partial charge in [-0.1, -0.05) is 104 Å². The molecule has 0 amide bonds. The monoisotopic (exact) mass is 358 g/mol. The van der Waals surface area contributed by atoms with Gasteiger partial charge < -0.3 is 5.32 Å². The van der Waals surface area contributed by atoms with Gasteiger partial charge in [-0.15, -0.1) is 12.4 Å². The van der Waals surface area contributed by atoms with E-state index in [0.717, 1.165) is 13.1 Å². The van der Waals surface area contributed by atoms with E-state index in [1.165, 1.54) is 95.7 Å². The Kier molecular flexibility index (Phi) is 14.9. The molecule has 1 heterocycles. The maximum Gasteiger partial charge on any atom is 0.102 e. The highest BCUT2D eigenvalue weighted by molar-refractivity contribution is 5.88. The molecule has 0 aromatic carbocycles. The Morgan fingerprint density at radius 1 is 0.792 bits per heavy atom. The van der Waals surface area contributed by atoms with Crippen LogP contribution in [0.5, 0.6) is 0 Å². The third-order valence-corrected chi connectivity index (χ3v) is 5.22. The Morgan fingerprint density at radius 3 is 1.67 bits per heavy atom. The quantitative estimate of drug-likeness (QED) is 0.316. The van der Waals surface area contributed by atoms with Crippen LogP contribution in [0.1, 0.15) is 111 Å². The fourth-order valence-electron chi connectivity index (χ4n) is 3.55. The van der Waals surface area contributed by atoms with Gasteiger partial charge in [0, 0.05) is 12.0 Å². The van der Waals surface area contributed by atoms with Crippen LogP contribution in [-0.4, -0.2) is 18.9 Å². The van der Waals surface area contributed by atoms with E-state index < -0.39 is 0 Å². The molecule has 0 atom stereocenters. The van der Waals surface area contributed by atoms with Gasteiger partial charge in [0.05, 0.1) is 6.54 Å². The number of nitrogens with one attached hydrogen (secondary N) is 1. The Morgan fingerprint density at radius 2 is 1.25 bits per heavy atom. The van der Waals surface area contributed by atoms with Crippen LogP contribution in [0.15, 0.2) is 4.99 Å². The summed E-state index contributed by atoms with van der Waals surface area (Å²) in [6.45, 7) is 8.98. The molecular formula is C21H43ClN2. The zero-order chi connectivity index (χ0) is 16.8. The number of hydrogen-bond donors (Lipinski definition) is 1. The number of nitrogens with zero attached hydrogens (tertiary/aromatic N) is 1. The highest BCUT2D eigenvalue weighted by Gasteiger charge is 2.26. The standard InChI is InChI=1S/C21H42N2.ClH/c1-4-5-6-7-8-9-10-11-12-13-14-15-16-17-21(2,3)20-22-18-19-23-20;/h4-19H2,1-3H3,(H,22,23);1H. The lowest BCUT2D eigenvalue weighted by molar-refractivity contribution is 0.429. The fourth-order valence-corrected chi connectivity index (χ4v) is 3.55. The van der Waals surface area contributed by atoms with Crippen molar-refractivity contribution in [1.29, 1.82) is 0 Å². The van der Waals surface area contributed by atoms with Crippen molar-refractivity contribution in [2.75, 3.05) is 13.1 Å². The molecule has 0 aliphatic carbocycles. The van der Waals surface area contributed by atoms with Gasteiger partial charge in [0.15, 0.2) is 0 Å². The highest BCUT2D eigenvalue weighted by atomic mass is 35.5. The molecule has 2 nitrogen and oxygen atoms in total. The molecule has 0 saturated carbocycles. The maximum atomic E-state index is 4.59. The van der Waals surface area contributed by atoms with Gasteiger partial charge in [0.2, 0.25) is 0 Å². The minimum absolute atomic E-state index is 0. The van der Waals surface area contributed by atoms with Crippen molar-refractivity contribution in [3.8, 4) is 0 Å². The van der Waals surface area contributed by atoms with Gasteiger partial charge in [-0.3, -0.25) is 4.99 Å². The molecule has 144 valence electrons. The Labute approximate surface area is 158 Å². The molecule has 1 rings (SSSR count). The van der Waals surface area contributed by atoms with Gasteiger partial charge in [-0.2, -0.15) is 0 Å². The lowest BCUT2D eigenvalue weighted by Gasteiger charge is -2.25. The van der Waals surface area contributed by atoms with E-state index in [2.05, 4.69) is 31.1 Å². The summed E-state index contributed by atoms with van der Waals surface area (Å²) in [5.41, 5.74) is 0.258. The lowest BCUT2D eigenvalue weighted by Crippen LogP contribution is -2.33. The van der Waals surface area contributed by atoms with Crippen molar-refractivity contribution < 1.29 is 0 Å². The van der Waals surface area contributed by atoms with Gasteiger partial charge in [0.1, 0.15) is 5.84 Å². The Hall–Kier alpha value is -0.240. The summed E-state index contributed by atoms with van der Waals surface area (Å²) in [7, 11) is 0. The molecule has 1 aliphatic heterocycles. The van der Waals surface area contributed by atoms with E-state index in [1.807, 2.05) is 0 Å². The SMILES string of the molecule is CCCCCCCCCCCCCCCC(C)(C)C1=NCCN1.Cl. The number of aliphatic imine (C=N–C) groups is 1. The first kappa shape index (κ1) is 23.8. The minimum Gasteiger partial charge on any atom is -0.372 e. The first-order valence-corrected chi connectivity index (χ1v) is 10.5. The van der Waals surface area contributed by atoms with E-state index in [0.29, 0.717) is 0 Å². The zero-order valence-electron chi connectivity index (χ0n) is 16.7. The summed E-state index contributed by atoms with van der Waals surface area (Å²) in [6, 6.07) is 0. The summed E-state index contributed by atoms with van der Waals surface area (Å²) in [4.78, 5) is 4.59. The zero-order valence-corrected chi connectivity index (χ0v) is 17.5. The third-order valence-electron chi connectivity index (χ3n) is 5.22. The van der Waals surface area contributed by atoms with E-state index >= 15 is 0 Å². The van der Waals surface area contributed by atoms with Crippen molar-refractivity contribution in [2.45, 2.75) is 111 Å². The Balaban J connectivity index is 0.00000529. The van der Waals surface area contributed by atoms with E-state index in [4.69, 9.17) is 0 Å². The third kappa shape index (κ3) is 11.3. The fraction of sp³-hybridized carbons (Fsp3) is 0.952. The van der Waals surface area contributed by atoms with Crippen molar-refractivity contribution in [3.63, 3.8) is 0 Å². The average molecular weight is 359 g/mol.